The quantitative estimate of drug-likeness (QED) is 0.902. The van der Waals surface area contributed by atoms with Gasteiger partial charge in [-0.1, -0.05) is 50.2 Å². The van der Waals surface area contributed by atoms with Crippen molar-refractivity contribution >= 4 is 0 Å². The number of benzene rings is 2. The summed E-state index contributed by atoms with van der Waals surface area (Å²) in [6.45, 7) is 6.96. The van der Waals surface area contributed by atoms with Crippen LogP contribution in [0.4, 0.5) is 0 Å². The summed E-state index contributed by atoms with van der Waals surface area (Å²) >= 11 is 0. The molecule has 0 amide bonds. The van der Waals surface area contributed by atoms with Crippen LogP contribution in [0, 0.1) is 5.92 Å². The molecule has 1 heterocycles. The molecule has 0 spiro atoms. The number of aromatic hydroxyl groups is 1. The first-order chi connectivity index (χ1) is 11.1. The predicted octanol–water partition coefficient (Wildman–Crippen LogP) is 4.12. The molecule has 2 bridgehead atoms. The van der Waals surface area contributed by atoms with E-state index in [-0.39, 0.29) is 5.41 Å². The Morgan fingerprint density at radius 2 is 1.96 bits per heavy atom. The van der Waals surface area contributed by atoms with Crippen LogP contribution in [-0.2, 0) is 18.4 Å². The first-order valence-electron chi connectivity index (χ1n) is 8.68. The summed E-state index contributed by atoms with van der Waals surface area (Å²) in [5.41, 5.74) is 4.39. The molecule has 1 N–H and O–H groups in total. The third-order valence-electron chi connectivity index (χ3n) is 6.34. The van der Waals surface area contributed by atoms with Crippen molar-refractivity contribution in [3.8, 4) is 5.75 Å². The van der Waals surface area contributed by atoms with Gasteiger partial charge in [0.1, 0.15) is 5.75 Å². The highest BCUT2D eigenvalue weighted by Crippen LogP contribution is 2.49. The second-order valence-electron chi connectivity index (χ2n) is 7.53. The van der Waals surface area contributed by atoms with Crippen molar-refractivity contribution in [3.63, 3.8) is 0 Å². The van der Waals surface area contributed by atoms with Gasteiger partial charge in [0.2, 0.25) is 0 Å². The number of piperidine rings is 1. The van der Waals surface area contributed by atoms with E-state index < -0.39 is 0 Å². The van der Waals surface area contributed by atoms with Gasteiger partial charge >= 0.3 is 0 Å². The van der Waals surface area contributed by atoms with Crippen LogP contribution in [0.1, 0.15) is 37.0 Å². The molecule has 120 valence electrons. The number of hydrogen-bond donors (Lipinski definition) is 1. The monoisotopic (exact) mass is 307 g/mol. The normalized spacial score (nSPS) is 30.0. The lowest BCUT2D eigenvalue weighted by Gasteiger charge is -2.54. The first kappa shape index (κ1) is 14.8. The molecule has 1 saturated heterocycles. The van der Waals surface area contributed by atoms with Gasteiger partial charge in [0.15, 0.2) is 0 Å². The maximum atomic E-state index is 9.92. The van der Waals surface area contributed by atoms with Gasteiger partial charge in [-0.2, -0.15) is 0 Å². The van der Waals surface area contributed by atoms with E-state index in [9.17, 15) is 5.11 Å². The molecule has 1 fully saturated rings. The molecule has 2 aromatic carbocycles. The van der Waals surface area contributed by atoms with Gasteiger partial charge in [-0.15, -0.1) is 0 Å². The fraction of sp³-hybridized carbons (Fsp3) is 0.429. The third kappa shape index (κ3) is 2.36. The molecule has 23 heavy (non-hydrogen) atoms. The average molecular weight is 307 g/mol. The summed E-state index contributed by atoms with van der Waals surface area (Å²) in [6.07, 6.45) is 2.26. The number of phenols is 1. The smallest absolute Gasteiger partial charge is 0.115 e. The van der Waals surface area contributed by atoms with Crippen LogP contribution in [0.25, 0.3) is 0 Å². The Labute approximate surface area is 138 Å². The minimum Gasteiger partial charge on any atom is -0.508 e. The van der Waals surface area contributed by atoms with Crippen molar-refractivity contribution in [2.45, 2.75) is 44.7 Å². The molecule has 2 aliphatic rings. The van der Waals surface area contributed by atoms with Gasteiger partial charge in [-0.05, 0) is 59.5 Å². The number of rotatable bonds is 2. The van der Waals surface area contributed by atoms with Crippen LogP contribution in [0.3, 0.4) is 0 Å². The molecule has 2 heteroatoms. The van der Waals surface area contributed by atoms with E-state index in [2.05, 4.69) is 55.1 Å². The topological polar surface area (TPSA) is 23.5 Å². The summed E-state index contributed by atoms with van der Waals surface area (Å²) in [5.74, 6) is 1.01. The first-order valence-corrected chi connectivity index (χ1v) is 8.68. The summed E-state index contributed by atoms with van der Waals surface area (Å²) < 4.78 is 0. The van der Waals surface area contributed by atoms with E-state index in [0.29, 0.717) is 17.7 Å². The van der Waals surface area contributed by atoms with E-state index in [4.69, 9.17) is 0 Å². The van der Waals surface area contributed by atoms with Gasteiger partial charge in [0.25, 0.3) is 0 Å². The summed E-state index contributed by atoms with van der Waals surface area (Å²) in [6, 6.07) is 17.4. The van der Waals surface area contributed by atoms with E-state index in [0.717, 1.165) is 25.9 Å². The average Bonchev–Trinajstić information content (AvgIpc) is 2.55. The van der Waals surface area contributed by atoms with E-state index in [1.54, 1.807) is 0 Å². The highest BCUT2D eigenvalue weighted by atomic mass is 16.3. The van der Waals surface area contributed by atoms with E-state index in [1.165, 1.54) is 16.7 Å². The number of phenolic OH excluding ortho intramolecular Hbond substituents is 1. The molecule has 3 atom stereocenters. The largest absolute Gasteiger partial charge is 0.508 e. The molecule has 4 rings (SSSR count). The molecule has 1 aliphatic heterocycles. The predicted molar refractivity (Wildman–Crippen MR) is 93.6 cm³/mol. The fourth-order valence-corrected chi connectivity index (χ4v) is 4.71. The van der Waals surface area contributed by atoms with Crippen molar-refractivity contribution < 1.29 is 5.11 Å². The van der Waals surface area contributed by atoms with Crippen LogP contribution < -0.4 is 0 Å². The number of fused-ring (bicyclic) bond motifs is 4. The van der Waals surface area contributed by atoms with Crippen LogP contribution >= 0.6 is 0 Å². The van der Waals surface area contributed by atoms with Gasteiger partial charge in [-0.25, -0.2) is 0 Å². The highest BCUT2D eigenvalue weighted by Gasteiger charge is 2.48. The maximum Gasteiger partial charge on any atom is 0.115 e. The Kier molecular flexibility index (Phi) is 3.46. The molecule has 1 aliphatic carbocycles. The second kappa shape index (κ2) is 5.38. The molecule has 1 unspecified atom stereocenters. The zero-order valence-electron chi connectivity index (χ0n) is 14.0. The van der Waals surface area contributed by atoms with Gasteiger partial charge in [-0.3, -0.25) is 4.90 Å². The highest BCUT2D eigenvalue weighted by molar-refractivity contribution is 5.44. The van der Waals surface area contributed by atoms with Crippen molar-refractivity contribution in [1.82, 2.24) is 4.90 Å². The molecule has 0 saturated carbocycles. The Balaban J connectivity index is 1.67. The lowest BCUT2D eigenvalue weighted by molar-refractivity contribution is 0.0258. The SMILES string of the molecule is C[C@H]1C2Cc3ccc(O)cc3[C@]1(C)CCN2Cc1ccccc1. The maximum absolute atomic E-state index is 9.92. The zero-order chi connectivity index (χ0) is 16.0. The standard InChI is InChI=1S/C21H25NO/c1-15-20-12-17-8-9-18(23)13-19(17)21(15,2)10-11-22(20)14-16-6-4-3-5-7-16/h3-9,13,15,20,23H,10-12,14H2,1-2H3/t15-,20?,21+/m0/s1. The fourth-order valence-electron chi connectivity index (χ4n) is 4.71. The van der Waals surface area contributed by atoms with Crippen molar-refractivity contribution in [2.75, 3.05) is 6.54 Å². The molecule has 0 aromatic heterocycles. The lowest BCUT2D eigenvalue weighted by Crippen LogP contribution is -2.57. The Bertz CT molecular complexity index is 711. The van der Waals surface area contributed by atoms with E-state index >= 15 is 0 Å². The minimum atomic E-state index is 0.185. The molecular weight excluding hydrogens is 282 g/mol. The zero-order valence-corrected chi connectivity index (χ0v) is 14.0. The van der Waals surface area contributed by atoms with Gasteiger partial charge in [0.05, 0.1) is 0 Å². The van der Waals surface area contributed by atoms with Crippen LogP contribution in [0.2, 0.25) is 0 Å². The summed E-state index contributed by atoms with van der Waals surface area (Å²) in [7, 11) is 0. The van der Waals surface area contributed by atoms with Crippen molar-refractivity contribution in [2.24, 2.45) is 5.92 Å². The second-order valence-corrected chi connectivity index (χ2v) is 7.53. The number of hydrogen-bond acceptors (Lipinski definition) is 2. The summed E-state index contributed by atoms with van der Waals surface area (Å²) in [5, 5.41) is 9.92. The van der Waals surface area contributed by atoms with Crippen LogP contribution in [-0.4, -0.2) is 22.6 Å². The van der Waals surface area contributed by atoms with Crippen molar-refractivity contribution in [1.29, 1.82) is 0 Å². The molecule has 2 aromatic rings. The minimum absolute atomic E-state index is 0.185. The lowest BCUT2D eigenvalue weighted by atomic mass is 9.59. The molecular formula is C21H25NO. The van der Waals surface area contributed by atoms with Gasteiger partial charge in [0, 0.05) is 12.6 Å². The summed E-state index contributed by atoms with van der Waals surface area (Å²) in [4.78, 5) is 2.66. The Hall–Kier alpha value is -1.80. The van der Waals surface area contributed by atoms with Crippen LogP contribution in [0.5, 0.6) is 5.75 Å². The molecule has 2 nitrogen and oxygen atoms in total. The van der Waals surface area contributed by atoms with Crippen LogP contribution in [0.15, 0.2) is 48.5 Å². The molecule has 0 radical (unpaired) electrons. The number of likely N-dealkylation sites (tertiary alicyclic amines) is 1. The Morgan fingerprint density at radius 3 is 2.74 bits per heavy atom. The Morgan fingerprint density at radius 1 is 1.17 bits per heavy atom. The van der Waals surface area contributed by atoms with Crippen molar-refractivity contribution in [3.05, 3.63) is 65.2 Å². The van der Waals surface area contributed by atoms with Gasteiger partial charge < -0.3 is 5.11 Å². The number of nitrogens with zero attached hydrogens (tertiary/aromatic N) is 1. The van der Waals surface area contributed by atoms with E-state index in [1.807, 2.05) is 12.1 Å². The third-order valence-corrected chi connectivity index (χ3v) is 6.34.